The van der Waals surface area contributed by atoms with E-state index in [0.29, 0.717) is 24.4 Å². The minimum atomic E-state index is 0.0299. The summed E-state index contributed by atoms with van der Waals surface area (Å²) in [6.07, 6.45) is 13.0. The fraction of sp³-hybridized carbons (Fsp3) is 0.364. The van der Waals surface area contributed by atoms with Gasteiger partial charge in [-0.1, -0.05) is 55.8 Å². The summed E-state index contributed by atoms with van der Waals surface area (Å²) in [5.41, 5.74) is 5.32. The van der Waals surface area contributed by atoms with Crippen LogP contribution in [-0.4, -0.2) is 41.4 Å². The molecule has 0 saturated heterocycles. The van der Waals surface area contributed by atoms with Gasteiger partial charge in [0.2, 0.25) is 5.78 Å². The number of benzene rings is 2. The second-order valence-electron chi connectivity index (χ2n) is 11.0. The van der Waals surface area contributed by atoms with E-state index in [1.165, 1.54) is 0 Å². The van der Waals surface area contributed by atoms with Crippen molar-refractivity contribution in [2.24, 2.45) is 0 Å². The predicted octanol–water partition coefficient (Wildman–Crippen LogP) is 5.37. The van der Waals surface area contributed by atoms with Crippen LogP contribution in [-0.2, 0) is 24.1 Å². The highest BCUT2D eigenvalue weighted by atomic mass is 16.5. The molecule has 1 aliphatic rings. The molecule has 3 aromatic heterocycles. The van der Waals surface area contributed by atoms with E-state index in [0.717, 1.165) is 73.0 Å². The van der Waals surface area contributed by atoms with Gasteiger partial charge in [0.25, 0.3) is 5.56 Å². The highest BCUT2D eigenvalue weighted by Crippen LogP contribution is 2.31. The SMILES string of the molecule is CCCc1c(Cc2ccc(-c3ccccc3C#N)cc2)c(=O)n(C2CCC(OCCn3ccnc3)CC2)c2ncnn12. The molecule has 0 radical (unpaired) electrons. The third-order valence-corrected chi connectivity index (χ3v) is 8.28. The third-order valence-electron chi connectivity index (χ3n) is 8.28. The van der Waals surface area contributed by atoms with Crippen LogP contribution in [0, 0.1) is 11.3 Å². The van der Waals surface area contributed by atoms with Crippen LogP contribution in [0.1, 0.15) is 67.5 Å². The lowest BCUT2D eigenvalue weighted by Gasteiger charge is -2.30. The van der Waals surface area contributed by atoms with Crippen LogP contribution in [0.15, 0.2) is 78.4 Å². The number of nitriles is 1. The van der Waals surface area contributed by atoms with Crippen molar-refractivity contribution in [1.29, 1.82) is 5.26 Å². The Kier molecular flexibility index (Phi) is 8.24. The van der Waals surface area contributed by atoms with Crippen molar-refractivity contribution in [2.75, 3.05) is 6.61 Å². The maximum atomic E-state index is 14.2. The van der Waals surface area contributed by atoms with E-state index in [1.807, 2.05) is 56.2 Å². The van der Waals surface area contributed by atoms with Crippen molar-refractivity contribution < 1.29 is 4.74 Å². The van der Waals surface area contributed by atoms with E-state index in [-0.39, 0.29) is 17.7 Å². The van der Waals surface area contributed by atoms with Gasteiger partial charge in [-0.3, -0.25) is 9.36 Å². The first-order valence-corrected chi connectivity index (χ1v) is 14.8. The summed E-state index contributed by atoms with van der Waals surface area (Å²) in [5, 5.41) is 14.1. The zero-order chi connectivity index (χ0) is 28.9. The zero-order valence-electron chi connectivity index (χ0n) is 23.9. The number of aromatic nitrogens is 6. The molecule has 2 aromatic carbocycles. The summed E-state index contributed by atoms with van der Waals surface area (Å²) >= 11 is 0. The van der Waals surface area contributed by atoms with Crippen molar-refractivity contribution in [3.05, 3.63) is 106 Å². The lowest BCUT2D eigenvalue weighted by atomic mass is 9.92. The molecule has 0 bridgehead atoms. The lowest BCUT2D eigenvalue weighted by Crippen LogP contribution is -2.35. The molecular formula is C33H35N7O2. The zero-order valence-corrected chi connectivity index (χ0v) is 23.9. The van der Waals surface area contributed by atoms with Crippen LogP contribution in [0.25, 0.3) is 16.9 Å². The van der Waals surface area contributed by atoms with Gasteiger partial charge < -0.3 is 9.30 Å². The quantitative estimate of drug-likeness (QED) is 0.227. The lowest BCUT2D eigenvalue weighted by molar-refractivity contribution is 0.0153. The fourth-order valence-electron chi connectivity index (χ4n) is 6.13. The van der Waals surface area contributed by atoms with E-state index in [1.54, 1.807) is 18.9 Å². The monoisotopic (exact) mass is 561 g/mol. The fourth-order valence-corrected chi connectivity index (χ4v) is 6.13. The van der Waals surface area contributed by atoms with Gasteiger partial charge in [0.15, 0.2) is 0 Å². The molecule has 9 heteroatoms. The minimum Gasteiger partial charge on any atom is -0.376 e. The third kappa shape index (κ3) is 5.63. The highest BCUT2D eigenvalue weighted by molar-refractivity contribution is 5.70. The van der Waals surface area contributed by atoms with Crippen molar-refractivity contribution in [3.8, 4) is 17.2 Å². The normalized spacial score (nSPS) is 17.0. The molecule has 0 unspecified atom stereocenters. The molecule has 9 nitrogen and oxygen atoms in total. The van der Waals surface area contributed by atoms with Crippen molar-refractivity contribution >= 4 is 5.78 Å². The van der Waals surface area contributed by atoms with E-state index in [9.17, 15) is 10.1 Å². The summed E-state index contributed by atoms with van der Waals surface area (Å²) < 4.78 is 12.0. The summed E-state index contributed by atoms with van der Waals surface area (Å²) in [6, 6.07) is 18.1. The van der Waals surface area contributed by atoms with E-state index < -0.39 is 0 Å². The largest absolute Gasteiger partial charge is 0.376 e. The van der Waals surface area contributed by atoms with Crippen LogP contribution >= 0.6 is 0 Å². The Morgan fingerprint density at radius 2 is 1.88 bits per heavy atom. The van der Waals surface area contributed by atoms with Crippen LogP contribution in [0.4, 0.5) is 0 Å². The number of aryl methyl sites for hydroxylation is 1. The van der Waals surface area contributed by atoms with Gasteiger partial charge in [-0.15, -0.1) is 0 Å². The Hall–Kier alpha value is -4.55. The second kappa shape index (κ2) is 12.5. The molecule has 1 saturated carbocycles. The Morgan fingerprint density at radius 1 is 1.07 bits per heavy atom. The first kappa shape index (κ1) is 27.6. The number of rotatable bonds is 10. The van der Waals surface area contributed by atoms with Crippen LogP contribution in [0.5, 0.6) is 0 Å². The number of nitrogens with zero attached hydrogens (tertiary/aromatic N) is 7. The van der Waals surface area contributed by atoms with Gasteiger partial charge in [-0.2, -0.15) is 15.3 Å². The number of hydrogen-bond donors (Lipinski definition) is 0. The maximum Gasteiger partial charge on any atom is 0.259 e. The van der Waals surface area contributed by atoms with Crippen LogP contribution < -0.4 is 5.56 Å². The summed E-state index contributed by atoms with van der Waals surface area (Å²) in [4.78, 5) is 22.9. The Balaban J connectivity index is 1.25. The molecule has 214 valence electrons. The summed E-state index contributed by atoms with van der Waals surface area (Å²) in [5.74, 6) is 0.625. The van der Waals surface area contributed by atoms with E-state index >= 15 is 0 Å². The van der Waals surface area contributed by atoms with Crippen molar-refractivity contribution in [1.82, 2.24) is 28.7 Å². The maximum absolute atomic E-state index is 14.2. The standard InChI is InChI=1S/C33H35N7O2/c1-2-5-31-30(20-24-8-10-25(11-9-24)29-7-4-3-6-26(29)21-34)32(41)39(33-36-22-37-40(31)33)27-12-14-28(15-13-27)42-19-18-38-17-16-35-23-38/h3-4,6-11,16-17,22-23,27-28H,2,5,12-15,18-20H2,1H3. The molecule has 0 aliphatic heterocycles. The molecule has 5 aromatic rings. The van der Waals surface area contributed by atoms with Crippen LogP contribution in [0.2, 0.25) is 0 Å². The Morgan fingerprint density at radius 3 is 2.62 bits per heavy atom. The second-order valence-corrected chi connectivity index (χ2v) is 11.0. The van der Waals surface area contributed by atoms with Gasteiger partial charge in [-0.05, 0) is 54.9 Å². The number of hydrogen-bond acceptors (Lipinski definition) is 6. The van der Waals surface area contributed by atoms with Gasteiger partial charge in [0, 0.05) is 37.0 Å². The first-order chi connectivity index (χ1) is 20.7. The Labute approximate surface area is 245 Å². The number of fused-ring (bicyclic) bond motifs is 1. The Bertz CT molecular complexity index is 1740. The highest BCUT2D eigenvalue weighted by Gasteiger charge is 2.28. The molecule has 42 heavy (non-hydrogen) atoms. The topological polar surface area (TPSA) is 103 Å². The number of ether oxygens (including phenoxy) is 1. The molecule has 0 amide bonds. The molecule has 0 spiro atoms. The average Bonchev–Trinajstić information content (AvgIpc) is 3.73. The molecule has 1 aliphatic carbocycles. The average molecular weight is 562 g/mol. The smallest absolute Gasteiger partial charge is 0.259 e. The predicted molar refractivity (Wildman–Crippen MR) is 160 cm³/mol. The molecule has 6 rings (SSSR count). The summed E-state index contributed by atoms with van der Waals surface area (Å²) in [7, 11) is 0. The molecule has 0 atom stereocenters. The van der Waals surface area contributed by atoms with Gasteiger partial charge in [-0.25, -0.2) is 9.50 Å². The van der Waals surface area contributed by atoms with Crippen molar-refractivity contribution in [2.45, 2.75) is 70.6 Å². The molecular weight excluding hydrogens is 526 g/mol. The van der Waals surface area contributed by atoms with Gasteiger partial charge >= 0.3 is 0 Å². The van der Waals surface area contributed by atoms with Gasteiger partial charge in [0.1, 0.15) is 6.33 Å². The molecule has 0 N–H and O–H groups in total. The molecule has 3 heterocycles. The minimum absolute atomic E-state index is 0.0299. The van der Waals surface area contributed by atoms with E-state index in [4.69, 9.17) is 4.74 Å². The van der Waals surface area contributed by atoms with Crippen LogP contribution in [0.3, 0.4) is 0 Å². The number of imidazole rings is 1. The van der Waals surface area contributed by atoms with Gasteiger partial charge in [0.05, 0.1) is 36.4 Å². The molecule has 1 fully saturated rings. The first-order valence-electron chi connectivity index (χ1n) is 14.8. The van der Waals surface area contributed by atoms with E-state index in [2.05, 4.69) is 40.2 Å². The van der Waals surface area contributed by atoms with Crippen molar-refractivity contribution in [3.63, 3.8) is 0 Å². The summed E-state index contributed by atoms with van der Waals surface area (Å²) in [6.45, 7) is 3.55.